The van der Waals surface area contributed by atoms with Gasteiger partial charge in [-0.1, -0.05) is 0 Å². The molecule has 0 heterocycles. The number of amides is 1. The van der Waals surface area contributed by atoms with Gasteiger partial charge in [0, 0.05) is 6.92 Å². The van der Waals surface area contributed by atoms with E-state index < -0.39 is 0 Å². The first kappa shape index (κ1) is 7.74. The van der Waals surface area contributed by atoms with E-state index in [0.717, 1.165) is 0 Å². The number of guanidine groups is 1. The van der Waals surface area contributed by atoms with Crippen molar-refractivity contribution in [3.05, 3.63) is 6.67 Å². The first-order valence-electron chi connectivity index (χ1n) is 2.32. The Balaban J connectivity index is 3.10. The van der Waals surface area contributed by atoms with Crippen LogP contribution in [0.1, 0.15) is 6.92 Å². The van der Waals surface area contributed by atoms with Crippen LogP contribution in [0.2, 0.25) is 0 Å². The quantitative estimate of drug-likeness (QED) is 0.276. The van der Waals surface area contributed by atoms with Gasteiger partial charge in [-0.3, -0.25) is 10.2 Å². The van der Waals surface area contributed by atoms with Crippen molar-refractivity contribution in [1.82, 2.24) is 10.6 Å². The molecule has 5 heteroatoms. The van der Waals surface area contributed by atoms with Crippen molar-refractivity contribution in [3.63, 3.8) is 0 Å². The van der Waals surface area contributed by atoms with Crippen LogP contribution in [0.5, 0.6) is 0 Å². The summed E-state index contributed by atoms with van der Waals surface area (Å²) in [6.45, 7) is 2.56. The predicted octanol–water partition coefficient (Wildman–Crippen LogP) is -1.28. The Kier molecular flexibility index (Phi) is 3.19. The molecule has 0 bridgehead atoms. The lowest BCUT2D eigenvalue weighted by Gasteiger charge is -2.00. The van der Waals surface area contributed by atoms with Gasteiger partial charge in [-0.15, -0.1) is 0 Å². The van der Waals surface area contributed by atoms with Crippen LogP contribution in [-0.4, -0.2) is 11.9 Å². The number of rotatable bonds is 2. The monoisotopic (exact) mass is 129 g/mol. The average Bonchev–Trinajstić information content (AvgIpc) is 1.63. The van der Waals surface area contributed by atoms with Crippen LogP contribution in [0, 0.1) is 12.1 Å². The summed E-state index contributed by atoms with van der Waals surface area (Å²) < 4.78 is 0. The molecule has 51 valence electrons. The summed E-state index contributed by atoms with van der Waals surface area (Å²) >= 11 is 0. The van der Waals surface area contributed by atoms with E-state index in [9.17, 15) is 4.79 Å². The third-order valence-electron chi connectivity index (χ3n) is 0.503. The molecule has 0 aliphatic heterocycles. The third kappa shape index (κ3) is 6.74. The van der Waals surface area contributed by atoms with E-state index in [1.54, 1.807) is 0 Å². The first-order chi connectivity index (χ1) is 4.13. The number of nitrogens with one attached hydrogen (secondary N) is 3. The van der Waals surface area contributed by atoms with Gasteiger partial charge in [0.15, 0.2) is 5.96 Å². The first-order valence-corrected chi connectivity index (χ1v) is 2.32. The van der Waals surface area contributed by atoms with Crippen molar-refractivity contribution in [3.8, 4) is 0 Å². The SMILES string of the molecule is CC(=O)N[CH]NC(=N)N. The fraction of sp³-hybridized carbons (Fsp3) is 0.250. The average molecular weight is 129 g/mol. The lowest BCUT2D eigenvalue weighted by molar-refractivity contribution is -0.118. The predicted molar refractivity (Wildman–Crippen MR) is 33.2 cm³/mol. The number of hydrogen-bond donors (Lipinski definition) is 4. The van der Waals surface area contributed by atoms with Gasteiger partial charge in [-0.2, -0.15) is 0 Å². The maximum absolute atomic E-state index is 10.1. The van der Waals surface area contributed by atoms with E-state index in [1.165, 1.54) is 13.6 Å². The van der Waals surface area contributed by atoms with E-state index in [4.69, 9.17) is 11.1 Å². The second-order valence-corrected chi connectivity index (χ2v) is 1.40. The Morgan fingerprint density at radius 1 is 1.67 bits per heavy atom. The molecule has 0 aliphatic carbocycles. The van der Waals surface area contributed by atoms with Gasteiger partial charge in [0.05, 0.1) is 0 Å². The van der Waals surface area contributed by atoms with Crippen molar-refractivity contribution < 1.29 is 4.79 Å². The van der Waals surface area contributed by atoms with Gasteiger partial charge < -0.3 is 16.4 Å². The highest BCUT2D eigenvalue weighted by Gasteiger charge is 1.88. The van der Waals surface area contributed by atoms with Crippen LogP contribution in [0.25, 0.3) is 0 Å². The molecule has 0 spiro atoms. The van der Waals surface area contributed by atoms with Crippen LogP contribution < -0.4 is 16.4 Å². The second kappa shape index (κ2) is 3.71. The van der Waals surface area contributed by atoms with Crippen LogP contribution in [0.15, 0.2) is 0 Å². The zero-order valence-corrected chi connectivity index (χ0v) is 5.06. The van der Waals surface area contributed by atoms with E-state index in [2.05, 4.69) is 10.6 Å². The molecular formula is C4H9N4O. The molecule has 0 aromatic carbocycles. The number of hydrogen-bond acceptors (Lipinski definition) is 2. The molecule has 5 N–H and O–H groups in total. The van der Waals surface area contributed by atoms with Gasteiger partial charge in [0.1, 0.15) is 6.67 Å². The lowest BCUT2D eigenvalue weighted by Crippen LogP contribution is -2.34. The standard InChI is InChI=1S/C4H9N4O/c1-3(9)7-2-8-4(5)6/h2H,1H3,(H,7,9)(H4,5,6,8). The molecule has 9 heavy (non-hydrogen) atoms. The summed E-state index contributed by atoms with van der Waals surface area (Å²) in [7, 11) is 0. The molecular weight excluding hydrogens is 120 g/mol. The van der Waals surface area contributed by atoms with Crippen molar-refractivity contribution in [1.29, 1.82) is 5.41 Å². The highest BCUT2D eigenvalue weighted by Crippen LogP contribution is 1.60. The topological polar surface area (TPSA) is 91.0 Å². The lowest BCUT2D eigenvalue weighted by atomic mass is 10.7. The smallest absolute Gasteiger partial charge is 0.218 e. The Morgan fingerprint density at radius 3 is 2.56 bits per heavy atom. The Morgan fingerprint density at radius 2 is 2.22 bits per heavy atom. The minimum Gasteiger partial charge on any atom is -0.370 e. The fourth-order valence-corrected chi connectivity index (χ4v) is 0.215. The largest absolute Gasteiger partial charge is 0.370 e. The van der Waals surface area contributed by atoms with Gasteiger partial charge in [-0.05, 0) is 0 Å². The third-order valence-corrected chi connectivity index (χ3v) is 0.503. The second-order valence-electron chi connectivity index (χ2n) is 1.40. The molecule has 1 amide bonds. The van der Waals surface area contributed by atoms with Gasteiger partial charge >= 0.3 is 0 Å². The van der Waals surface area contributed by atoms with E-state index in [-0.39, 0.29) is 11.9 Å². The molecule has 0 saturated carbocycles. The van der Waals surface area contributed by atoms with E-state index in [1.807, 2.05) is 0 Å². The van der Waals surface area contributed by atoms with Crippen molar-refractivity contribution >= 4 is 11.9 Å². The minimum absolute atomic E-state index is 0.205. The number of carbonyl (C=O) groups excluding carboxylic acids is 1. The van der Waals surface area contributed by atoms with Gasteiger partial charge in [0.25, 0.3) is 0 Å². The highest BCUT2D eigenvalue weighted by atomic mass is 16.1. The zero-order chi connectivity index (χ0) is 7.28. The van der Waals surface area contributed by atoms with Crippen LogP contribution in [0.4, 0.5) is 0 Å². The molecule has 0 aliphatic rings. The molecule has 0 atom stereocenters. The molecule has 0 aromatic heterocycles. The normalized spacial score (nSPS) is 8.11. The summed E-state index contributed by atoms with van der Waals surface area (Å²) in [4.78, 5) is 10.1. The Labute approximate surface area is 53.1 Å². The Hall–Kier alpha value is -1.26. The van der Waals surface area contributed by atoms with Crippen molar-refractivity contribution in [2.45, 2.75) is 6.92 Å². The summed E-state index contributed by atoms with van der Waals surface area (Å²) in [6, 6.07) is 0. The summed E-state index contributed by atoms with van der Waals surface area (Å²) in [5.74, 6) is -0.410. The summed E-state index contributed by atoms with van der Waals surface area (Å²) in [5, 5.41) is 11.2. The molecule has 0 unspecified atom stereocenters. The van der Waals surface area contributed by atoms with Crippen molar-refractivity contribution in [2.75, 3.05) is 0 Å². The minimum atomic E-state index is -0.205. The van der Waals surface area contributed by atoms with E-state index in [0.29, 0.717) is 0 Å². The maximum atomic E-state index is 10.1. The van der Waals surface area contributed by atoms with Crippen molar-refractivity contribution in [2.24, 2.45) is 5.73 Å². The van der Waals surface area contributed by atoms with E-state index >= 15 is 0 Å². The summed E-state index contributed by atoms with van der Waals surface area (Å²) in [6.07, 6.45) is 0. The highest BCUT2D eigenvalue weighted by molar-refractivity contribution is 5.77. The molecule has 5 nitrogen and oxygen atoms in total. The molecule has 0 rings (SSSR count). The van der Waals surface area contributed by atoms with Gasteiger partial charge in [0.2, 0.25) is 5.91 Å². The molecule has 0 saturated heterocycles. The molecule has 0 aromatic rings. The van der Waals surface area contributed by atoms with Gasteiger partial charge in [-0.25, -0.2) is 0 Å². The van der Waals surface area contributed by atoms with Crippen LogP contribution in [-0.2, 0) is 4.79 Å². The zero-order valence-electron chi connectivity index (χ0n) is 5.06. The molecule has 1 radical (unpaired) electrons. The Bertz CT molecular complexity index is 108. The summed E-state index contributed by atoms with van der Waals surface area (Å²) in [5.41, 5.74) is 4.87. The van der Waals surface area contributed by atoms with Crippen LogP contribution >= 0.6 is 0 Å². The number of nitrogens with two attached hydrogens (primary N) is 1. The maximum Gasteiger partial charge on any atom is 0.218 e. The fourth-order valence-electron chi connectivity index (χ4n) is 0.215. The molecule has 0 fully saturated rings. The number of carbonyl (C=O) groups is 1. The van der Waals surface area contributed by atoms with Crippen LogP contribution in [0.3, 0.4) is 0 Å².